The number of rotatable bonds is 5. The molecule has 0 bridgehead atoms. The molecule has 1 aliphatic heterocycles. The fraction of sp³-hybridized carbons (Fsp3) is 0.522. The second kappa shape index (κ2) is 8.63. The molecule has 8 heteroatoms. The number of hydrogen-bond donors (Lipinski definition) is 0. The van der Waals surface area contributed by atoms with Gasteiger partial charge in [-0.3, -0.25) is 9.59 Å². The highest BCUT2D eigenvalue weighted by atomic mass is 127. The van der Waals surface area contributed by atoms with Gasteiger partial charge in [0.25, 0.3) is 0 Å². The van der Waals surface area contributed by atoms with E-state index in [1.54, 1.807) is 31.2 Å². The number of Topliss-reactive ketones (excluding diaryl/α,β-unsaturated/α-hetero) is 1. The van der Waals surface area contributed by atoms with Gasteiger partial charge in [0.1, 0.15) is 12.2 Å². The number of carbonyl (C=O) groups is 3. The van der Waals surface area contributed by atoms with Crippen molar-refractivity contribution in [3.63, 3.8) is 0 Å². The molecule has 2 aliphatic carbocycles. The predicted octanol–water partition coefficient (Wildman–Crippen LogP) is 2.96. The summed E-state index contributed by atoms with van der Waals surface area (Å²) in [5, 5.41) is 0. The molecule has 0 unspecified atom stereocenters. The summed E-state index contributed by atoms with van der Waals surface area (Å²) in [7, 11) is 2.85. The second-order valence-corrected chi connectivity index (χ2v) is 9.14. The summed E-state index contributed by atoms with van der Waals surface area (Å²) in [5.74, 6) is -2.53. The number of hydrogen-bond acceptors (Lipinski definition) is 7. The fourth-order valence-electron chi connectivity index (χ4n) is 5.63. The number of esters is 2. The van der Waals surface area contributed by atoms with Crippen LogP contribution in [-0.4, -0.2) is 54.9 Å². The Hall–Kier alpha value is -1.78. The Labute approximate surface area is 194 Å². The average Bonchev–Trinajstić information content (AvgIpc) is 3.25. The Morgan fingerprint density at radius 1 is 1.23 bits per heavy atom. The molecule has 7 atom stereocenters. The number of benzene rings is 1. The maximum Gasteiger partial charge on any atom is 0.338 e. The van der Waals surface area contributed by atoms with Gasteiger partial charge < -0.3 is 18.9 Å². The van der Waals surface area contributed by atoms with Crippen LogP contribution in [0.3, 0.4) is 0 Å². The molecule has 31 heavy (non-hydrogen) atoms. The summed E-state index contributed by atoms with van der Waals surface area (Å²) in [4.78, 5) is 38.8. The molecule has 1 aromatic rings. The summed E-state index contributed by atoms with van der Waals surface area (Å²) in [5.41, 5.74) is 0.142. The molecular weight excluding hydrogens is 515 g/mol. The van der Waals surface area contributed by atoms with Crippen LogP contribution >= 0.6 is 22.6 Å². The SMILES string of the molecule is COC(=O)[C@@H]1C[C@@H]2C(=O)C(C)=C[C@]23[C@H]1[C@@H](OC)O[C@H](CI)[C@H]3OC(=O)c1ccccc1. The fourth-order valence-corrected chi connectivity index (χ4v) is 6.30. The summed E-state index contributed by atoms with van der Waals surface area (Å²) in [6.45, 7) is 1.77. The van der Waals surface area contributed by atoms with E-state index in [2.05, 4.69) is 22.6 Å². The molecule has 4 rings (SSSR count). The third-order valence-corrected chi connectivity index (χ3v) is 7.71. The van der Waals surface area contributed by atoms with E-state index in [0.717, 1.165) is 0 Å². The Balaban J connectivity index is 1.82. The third kappa shape index (κ3) is 3.43. The van der Waals surface area contributed by atoms with Gasteiger partial charge in [0.05, 0.1) is 18.6 Å². The lowest BCUT2D eigenvalue weighted by atomic mass is 9.65. The topological polar surface area (TPSA) is 88.1 Å². The van der Waals surface area contributed by atoms with Crippen LogP contribution in [0.1, 0.15) is 23.7 Å². The minimum atomic E-state index is -0.890. The normalized spacial score (nSPS) is 36.4. The summed E-state index contributed by atoms with van der Waals surface area (Å²) in [6, 6.07) is 8.72. The number of alkyl halides is 1. The lowest BCUT2D eigenvalue weighted by Crippen LogP contribution is -2.61. The van der Waals surface area contributed by atoms with Gasteiger partial charge in [-0.25, -0.2) is 4.79 Å². The molecule has 3 aliphatic rings. The van der Waals surface area contributed by atoms with E-state index in [4.69, 9.17) is 18.9 Å². The van der Waals surface area contributed by atoms with E-state index < -0.39 is 53.6 Å². The molecule has 1 spiro atoms. The Morgan fingerprint density at radius 3 is 2.55 bits per heavy atom. The van der Waals surface area contributed by atoms with Gasteiger partial charge in [-0.1, -0.05) is 46.9 Å². The van der Waals surface area contributed by atoms with Crippen molar-refractivity contribution in [2.24, 2.45) is 23.2 Å². The standard InChI is InChI=1S/C23H25IO7/c1-12-10-23-15(18(12)25)9-14(21(27)28-2)17(23)22(29-3)30-16(11-24)19(23)31-20(26)13-7-5-4-6-8-13/h4-8,10,14-17,19,22H,9,11H2,1-3H3/t14-,15-,16-,17-,19-,22+,23-/m1/s1. The zero-order chi connectivity index (χ0) is 22.3. The van der Waals surface area contributed by atoms with Crippen molar-refractivity contribution in [2.45, 2.75) is 31.8 Å². The third-order valence-electron chi connectivity index (χ3n) is 6.84. The van der Waals surface area contributed by atoms with Crippen molar-refractivity contribution in [1.29, 1.82) is 0 Å². The quantitative estimate of drug-likeness (QED) is 0.323. The van der Waals surface area contributed by atoms with E-state index in [-0.39, 0.29) is 5.78 Å². The van der Waals surface area contributed by atoms with Crippen LogP contribution in [0, 0.1) is 23.2 Å². The lowest BCUT2D eigenvalue weighted by molar-refractivity contribution is -0.273. The molecular formula is C23H25IO7. The van der Waals surface area contributed by atoms with Gasteiger partial charge in [-0.15, -0.1) is 0 Å². The number of methoxy groups -OCH3 is 2. The van der Waals surface area contributed by atoms with E-state index in [0.29, 0.717) is 22.0 Å². The molecule has 1 saturated heterocycles. The van der Waals surface area contributed by atoms with Crippen LogP contribution in [0.4, 0.5) is 0 Å². The molecule has 1 saturated carbocycles. The number of allylic oxidation sites excluding steroid dienone is 1. The Morgan fingerprint density at radius 2 is 1.94 bits per heavy atom. The van der Waals surface area contributed by atoms with Gasteiger partial charge in [0.2, 0.25) is 0 Å². The molecule has 1 heterocycles. The van der Waals surface area contributed by atoms with Crippen LogP contribution in [0.2, 0.25) is 0 Å². The smallest absolute Gasteiger partial charge is 0.338 e. The first kappa shape index (κ1) is 22.4. The van der Waals surface area contributed by atoms with Gasteiger partial charge >= 0.3 is 11.9 Å². The van der Waals surface area contributed by atoms with Gasteiger partial charge in [-0.05, 0) is 31.1 Å². The zero-order valence-corrected chi connectivity index (χ0v) is 19.7. The van der Waals surface area contributed by atoms with Crippen molar-refractivity contribution in [3.8, 4) is 0 Å². The van der Waals surface area contributed by atoms with Gasteiger partial charge in [0.15, 0.2) is 12.1 Å². The highest BCUT2D eigenvalue weighted by Gasteiger charge is 2.71. The summed E-state index contributed by atoms with van der Waals surface area (Å²) >= 11 is 2.18. The first-order valence-corrected chi connectivity index (χ1v) is 11.7. The van der Waals surface area contributed by atoms with Crippen molar-refractivity contribution < 1.29 is 33.3 Å². The molecule has 0 amide bonds. The molecule has 0 N–H and O–H groups in total. The van der Waals surface area contributed by atoms with Crippen molar-refractivity contribution in [3.05, 3.63) is 47.5 Å². The molecule has 2 fully saturated rings. The highest BCUT2D eigenvalue weighted by Crippen LogP contribution is 2.64. The van der Waals surface area contributed by atoms with E-state index >= 15 is 0 Å². The first-order valence-electron chi connectivity index (χ1n) is 10.2. The Kier molecular flexibility index (Phi) is 6.24. The maximum atomic E-state index is 13.1. The highest BCUT2D eigenvalue weighted by molar-refractivity contribution is 14.1. The minimum absolute atomic E-state index is 0.0267. The van der Waals surface area contributed by atoms with Crippen LogP contribution < -0.4 is 0 Å². The minimum Gasteiger partial charge on any atom is -0.469 e. The van der Waals surface area contributed by atoms with Crippen molar-refractivity contribution in [1.82, 2.24) is 0 Å². The van der Waals surface area contributed by atoms with Gasteiger partial charge in [0, 0.05) is 28.8 Å². The lowest BCUT2D eigenvalue weighted by Gasteiger charge is -2.51. The van der Waals surface area contributed by atoms with Crippen LogP contribution in [0.15, 0.2) is 42.0 Å². The summed E-state index contributed by atoms with van der Waals surface area (Å²) in [6.07, 6.45) is 0.235. The van der Waals surface area contributed by atoms with E-state index in [9.17, 15) is 14.4 Å². The molecule has 166 valence electrons. The van der Waals surface area contributed by atoms with E-state index in [1.807, 2.05) is 12.1 Å². The largest absolute Gasteiger partial charge is 0.469 e. The van der Waals surface area contributed by atoms with Crippen LogP contribution in [0.25, 0.3) is 0 Å². The Bertz CT molecular complexity index is 914. The molecule has 7 nitrogen and oxygen atoms in total. The molecule has 0 radical (unpaired) electrons. The second-order valence-electron chi connectivity index (χ2n) is 8.26. The molecule has 0 aromatic heterocycles. The number of ketones is 1. The van der Waals surface area contributed by atoms with Crippen molar-refractivity contribution in [2.75, 3.05) is 18.6 Å². The van der Waals surface area contributed by atoms with Crippen LogP contribution in [-0.2, 0) is 28.5 Å². The van der Waals surface area contributed by atoms with E-state index in [1.165, 1.54) is 14.2 Å². The number of carbonyl (C=O) groups excluding carboxylic acids is 3. The first-order chi connectivity index (χ1) is 14.9. The average molecular weight is 540 g/mol. The van der Waals surface area contributed by atoms with Crippen molar-refractivity contribution >= 4 is 40.3 Å². The predicted molar refractivity (Wildman–Crippen MR) is 119 cm³/mol. The van der Waals surface area contributed by atoms with Gasteiger partial charge in [-0.2, -0.15) is 0 Å². The number of halogens is 1. The summed E-state index contributed by atoms with van der Waals surface area (Å²) < 4.78 is 23.5. The zero-order valence-electron chi connectivity index (χ0n) is 17.6. The monoisotopic (exact) mass is 540 g/mol. The maximum absolute atomic E-state index is 13.1. The number of ether oxygens (including phenoxy) is 4. The van der Waals surface area contributed by atoms with Crippen LogP contribution in [0.5, 0.6) is 0 Å². The molecule has 1 aromatic carbocycles.